The molecule has 1 aliphatic rings. The van der Waals surface area contributed by atoms with E-state index in [0.717, 1.165) is 22.7 Å². The van der Waals surface area contributed by atoms with Crippen LogP contribution < -0.4 is 20.1 Å². The molecule has 120 valence electrons. The number of hydrogen-bond donors (Lipinski definition) is 2. The number of fused-ring (bicyclic) bond motifs is 1. The fourth-order valence-electron chi connectivity index (χ4n) is 2.31. The number of ether oxygens (including phenoxy) is 2. The molecule has 1 heterocycles. The molecule has 0 fully saturated rings. The van der Waals surface area contributed by atoms with Crippen LogP contribution in [0.3, 0.4) is 0 Å². The Morgan fingerprint density at radius 3 is 2.52 bits per heavy atom. The first-order chi connectivity index (χ1) is 11.1. The number of rotatable bonds is 3. The molecule has 1 aliphatic heterocycles. The number of thiocarbonyl (C=S) groups is 1. The standard InChI is InChI=1S/C17H17FN2O2S/c1-11(12-2-7-15-16(10-12)22-9-8-21-15)19-17(23)20-14-5-3-13(18)4-6-14/h2-7,10-11H,8-9H2,1H3,(H2,19,20,23)/t11-/m1/s1. The van der Waals surface area contributed by atoms with E-state index in [1.165, 1.54) is 12.1 Å². The monoisotopic (exact) mass is 332 g/mol. The smallest absolute Gasteiger partial charge is 0.171 e. The number of hydrogen-bond acceptors (Lipinski definition) is 3. The molecule has 2 aromatic rings. The van der Waals surface area contributed by atoms with Crippen LogP contribution in [0.15, 0.2) is 42.5 Å². The van der Waals surface area contributed by atoms with Gasteiger partial charge in [-0.2, -0.15) is 0 Å². The third-order valence-electron chi connectivity index (χ3n) is 3.52. The zero-order chi connectivity index (χ0) is 16.2. The van der Waals surface area contributed by atoms with E-state index in [2.05, 4.69) is 10.6 Å². The number of nitrogens with one attached hydrogen (secondary N) is 2. The van der Waals surface area contributed by atoms with Crippen LogP contribution in [0.4, 0.5) is 10.1 Å². The average Bonchev–Trinajstić information content (AvgIpc) is 2.56. The third kappa shape index (κ3) is 3.90. The van der Waals surface area contributed by atoms with Gasteiger partial charge in [0.05, 0.1) is 6.04 Å². The minimum Gasteiger partial charge on any atom is -0.486 e. The molecule has 2 aromatic carbocycles. The van der Waals surface area contributed by atoms with Crippen molar-refractivity contribution in [2.45, 2.75) is 13.0 Å². The Hall–Kier alpha value is -2.34. The van der Waals surface area contributed by atoms with Gasteiger partial charge in [0.25, 0.3) is 0 Å². The van der Waals surface area contributed by atoms with Crippen molar-refractivity contribution in [1.29, 1.82) is 0 Å². The maximum atomic E-state index is 12.9. The summed E-state index contributed by atoms with van der Waals surface area (Å²) >= 11 is 5.29. The maximum Gasteiger partial charge on any atom is 0.171 e. The molecule has 1 atom stereocenters. The van der Waals surface area contributed by atoms with Gasteiger partial charge in [0.1, 0.15) is 19.0 Å². The summed E-state index contributed by atoms with van der Waals surface area (Å²) < 4.78 is 24.0. The second-order valence-corrected chi connectivity index (χ2v) is 5.64. The molecule has 0 saturated heterocycles. The zero-order valence-electron chi connectivity index (χ0n) is 12.6. The van der Waals surface area contributed by atoms with E-state index >= 15 is 0 Å². The van der Waals surface area contributed by atoms with Gasteiger partial charge in [-0.1, -0.05) is 6.07 Å². The number of anilines is 1. The summed E-state index contributed by atoms with van der Waals surface area (Å²) in [5.41, 5.74) is 1.77. The Bertz CT molecular complexity index is 706. The van der Waals surface area contributed by atoms with Crippen LogP contribution in [0.2, 0.25) is 0 Å². The molecule has 4 nitrogen and oxygen atoms in total. The lowest BCUT2D eigenvalue weighted by molar-refractivity contribution is 0.171. The topological polar surface area (TPSA) is 42.5 Å². The molecule has 0 amide bonds. The minimum absolute atomic E-state index is 0.00808. The molecule has 0 aromatic heterocycles. The summed E-state index contributed by atoms with van der Waals surface area (Å²) in [6.45, 7) is 3.14. The number of benzene rings is 2. The van der Waals surface area contributed by atoms with E-state index in [4.69, 9.17) is 21.7 Å². The molecule has 2 N–H and O–H groups in total. The number of halogens is 1. The summed E-state index contributed by atoms with van der Waals surface area (Å²) in [6.07, 6.45) is 0. The Morgan fingerprint density at radius 1 is 1.09 bits per heavy atom. The highest BCUT2D eigenvalue weighted by Gasteiger charge is 2.15. The van der Waals surface area contributed by atoms with Gasteiger partial charge in [-0.05, 0) is 61.1 Å². The SMILES string of the molecule is C[C@@H](NC(=S)Nc1ccc(F)cc1)c1ccc2c(c1)OCCO2. The van der Waals surface area contributed by atoms with Crippen molar-refractivity contribution in [1.82, 2.24) is 5.32 Å². The van der Waals surface area contributed by atoms with Crippen molar-refractivity contribution in [2.24, 2.45) is 0 Å². The van der Waals surface area contributed by atoms with Crippen LogP contribution in [-0.4, -0.2) is 18.3 Å². The van der Waals surface area contributed by atoms with Gasteiger partial charge >= 0.3 is 0 Å². The molecule has 23 heavy (non-hydrogen) atoms. The van der Waals surface area contributed by atoms with E-state index < -0.39 is 0 Å². The first-order valence-corrected chi connectivity index (χ1v) is 7.75. The van der Waals surface area contributed by atoms with Gasteiger partial charge in [0, 0.05) is 5.69 Å². The zero-order valence-corrected chi connectivity index (χ0v) is 13.5. The predicted molar refractivity (Wildman–Crippen MR) is 91.6 cm³/mol. The summed E-state index contributed by atoms with van der Waals surface area (Å²) in [5, 5.41) is 6.70. The van der Waals surface area contributed by atoms with Gasteiger partial charge in [-0.25, -0.2) is 4.39 Å². The summed E-state index contributed by atoms with van der Waals surface area (Å²) in [6, 6.07) is 11.9. The van der Waals surface area contributed by atoms with E-state index in [1.54, 1.807) is 12.1 Å². The summed E-state index contributed by atoms with van der Waals surface area (Å²) in [5.74, 6) is 1.23. The van der Waals surface area contributed by atoms with Crippen LogP contribution >= 0.6 is 12.2 Å². The highest BCUT2D eigenvalue weighted by molar-refractivity contribution is 7.80. The predicted octanol–water partition coefficient (Wildman–Crippen LogP) is 3.64. The van der Waals surface area contributed by atoms with Crippen LogP contribution in [-0.2, 0) is 0 Å². The molecule has 0 saturated carbocycles. The van der Waals surface area contributed by atoms with E-state index in [0.29, 0.717) is 18.3 Å². The Morgan fingerprint density at radius 2 is 1.78 bits per heavy atom. The lowest BCUT2D eigenvalue weighted by Gasteiger charge is -2.22. The Balaban J connectivity index is 1.63. The molecule has 0 aliphatic carbocycles. The van der Waals surface area contributed by atoms with Gasteiger partial charge in [0.2, 0.25) is 0 Å². The van der Waals surface area contributed by atoms with Crippen molar-refractivity contribution in [3.8, 4) is 11.5 Å². The highest BCUT2D eigenvalue weighted by Crippen LogP contribution is 2.32. The fourth-order valence-corrected chi connectivity index (χ4v) is 2.60. The molecular formula is C17H17FN2O2S. The molecule has 0 radical (unpaired) electrons. The van der Waals surface area contributed by atoms with Crippen LogP contribution in [0.1, 0.15) is 18.5 Å². The summed E-state index contributed by atoms with van der Waals surface area (Å²) in [7, 11) is 0. The lowest BCUT2D eigenvalue weighted by atomic mass is 10.1. The van der Waals surface area contributed by atoms with Crippen LogP contribution in [0, 0.1) is 5.82 Å². The van der Waals surface area contributed by atoms with Crippen LogP contribution in [0.5, 0.6) is 11.5 Å². The fraction of sp³-hybridized carbons (Fsp3) is 0.235. The van der Waals surface area contributed by atoms with E-state index in [1.807, 2.05) is 25.1 Å². The second-order valence-electron chi connectivity index (χ2n) is 5.23. The van der Waals surface area contributed by atoms with Gasteiger partial charge in [-0.3, -0.25) is 0 Å². The van der Waals surface area contributed by atoms with Gasteiger partial charge in [-0.15, -0.1) is 0 Å². The van der Waals surface area contributed by atoms with E-state index in [-0.39, 0.29) is 11.9 Å². The van der Waals surface area contributed by atoms with Crippen molar-refractivity contribution >= 4 is 23.0 Å². The second kappa shape index (κ2) is 6.83. The minimum atomic E-state index is -0.279. The van der Waals surface area contributed by atoms with Crippen molar-refractivity contribution in [3.63, 3.8) is 0 Å². The average molecular weight is 332 g/mol. The normalized spacial score (nSPS) is 14.0. The van der Waals surface area contributed by atoms with Crippen molar-refractivity contribution in [2.75, 3.05) is 18.5 Å². The van der Waals surface area contributed by atoms with Gasteiger partial charge < -0.3 is 20.1 Å². The molecule has 0 bridgehead atoms. The lowest BCUT2D eigenvalue weighted by Crippen LogP contribution is -2.31. The first kappa shape index (κ1) is 15.6. The molecule has 6 heteroatoms. The molecule has 0 spiro atoms. The summed E-state index contributed by atoms with van der Waals surface area (Å²) in [4.78, 5) is 0. The molecular weight excluding hydrogens is 315 g/mol. The third-order valence-corrected chi connectivity index (χ3v) is 3.74. The molecule has 0 unspecified atom stereocenters. The van der Waals surface area contributed by atoms with Crippen LogP contribution in [0.25, 0.3) is 0 Å². The van der Waals surface area contributed by atoms with Gasteiger partial charge in [0.15, 0.2) is 16.6 Å². The van der Waals surface area contributed by atoms with Crippen molar-refractivity contribution < 1.29 is 13.9 Å². The quantitative estimate of drug-likeness (QED) is 0.840. The van der Waals surface area contributed by atoms with E-state index in [9.17, 15) is 4.39 Å². The Kier molecular flexibility index (Phi) is 4.62. The first-order valence-electron chi connectivity index (χ1n) is 7.34. The maximum absolute atomic E-state index is 12.9. The van der Waals surface area contributed by atoms with Crippen molar-refractivity contribution in [3.05, 3.63) is 53.8 Å². The largest absolute Gasteiger partial charge is 0.486 e. The molecule has 3 rings (SSSR count). The highest BCUT2D eigenvalue weighted by atomic mass is 32.1. The Labute approximate surface area is 139 Å².